The topological polar surface area (TPSA) is 74.4 Å². The molecule has 2 saturated heterocycles. The van der Waals surface area contributed by atoms with Crippen LogP contribution in [-0.4, -0.2) is 56.7 Å². The van der Waals surface area contributed by atoms with Gasteiger partial charge in [-0.15, -0.1) is 0 Å². The number of para-hydroxylation sites is 1. The van der Waals surface area contributed by atoms with Crippen LogP contribution in [0.25, 0.3) is 0 Å². The number of amides is 3. The predicted octanol–water partition coefficient (Wildman–Crippen LogP) is 3.12. The second-order valence-corrected chi connectivity index (χ2v) is 7.42. The third-order valence-electron chi connectivity index (χ3n) is 5.14. The average molecular weight is 444 g/mol. The van der Waals surface area contributed by atoms with Gasteiger partial charge in [-0.1, -0.05) is 18.2 Å². The summed E-state index contributed by atoms with van der Waals surface area (Å²) in [5, 5.41) is 3.03. The molecule has 2 fully saturated rings. The fourth-order valence-corrected chi connectivity index (χ4v) is 3.68. The first-order valence-corrected chi connectivity index (χ1v) is 10.1. The van der Waals surface area contributed by atoms with Gasteiger partial charge in [-0.05, 0) is 42.5 Å². The van der Waals surface area contributed by atoms with Crippen LogP contribution >= 0.6 is 12.2 Å². The number of anilines is 3. The number of rotatable bonds is 5. The van der Waals surface area contributed by atoms with Crippen LogP contribution in [0.5, 0.6) is 0 Å². The van der Waals surface area contributed by atoms with Gasteiger partial charge in [0.25, 0.3) is 5.17 Å². The smallest absolute Gasteiger partial charge is 0.414 e. The molecule has 31 heavy (non-hydrogen) atoms. The van der Waals surface area contributed by atoms with Crippen molar-refractivity contribution < 1.29 is 23.5 Å². The van der Waals surface area contributed by atoms with Gasteiger partial charge >= 0.3 is 12.1 Å². The lowest BCUT2D eigenvalue weighted by atomic mass is 10.2. The molecule has 0 aliphatic carbocycles. The van der Waals surface area contributed by atoms with Crippen molar-refractivity contribution in [3.05, 3.63) is 54.3 Å². The van der Waals surface area contributed by atoms with Gasteiger partial charge in [-0.3, -0.25) is 14.7 Å². The number of carbonyl (C=O) groups is 2. The van der Waals surface area contributed by atoms with Crippen molar-refractivity contribution >= 4 is 46.6 Å². The van der Waals surface area contributed by atoms with Crippen molar-refractivity contribution in [1.29, 1.82) is 0 Å². The third-order valence-corrected chi connectivity index (χ3v) is 5.46. The number of urea groups is 1. The number of ether oxygens (including phenoxy) is 2. The van der Waals surface area contributed by atoms with E-state index in [-0.39, 0.29) is 30.0 Å². The lowest BCUT2D eigenvalue weighted by Gasteiger charge is -2.20. The second kappa shape index (κ2) is 8.76. The minimum atomic E-state index is -0.587. The zero-order valence-corrected chi connectivity index (χ0v) is 17.6. The monoisotopic (exact) mass is 444 g/mol. The Labute approximate surface area is 184 Å². The van der Waals surface area contributed by atoms with Gasteiger partial charge in [-0.2, -0.15) is 0 Å². The number of methoxy groups -OCH3 is 1. The van der Waals surface area contributed by atoms with Crippen LogP contribution in [0.2, 0.25) is 0 Å². The standard InChI is InChI=1S/C21H21FN4O4S/c1-29-19(31)23-12-16-13-26(21(28)30-16)15-7-8-18(17(22)11-15)25-10-9-24(20(25)27)14-5-3-2-4-6-14/h2-8,11,16H,9-10,12-13H2,1H3,(H,23,31)/t16-/m0/s1. The molecule has 0 spiro atoms. The molecule has 0 saturated carbocycles. The molecule has 3 amide bonds. The van der Waals surface area contributed by atoms with Gasteiger partial charge in [-0.25, -0.2) is 14.0 Å². The number of nitrogens with zero attached hydrogens (tertiary/aromatic N) is 3. The zero-order chi connectivity index (χ0) is 22.0. The van der Waals surface area contributed by atoms with Crippen molar-refractivity contribution in [2.45, 2.75) is 6.10 Å². The Morgan fingerprint density at radius 2 is 1.87 bits per heavy atom. The summed E-state index contributed by atoms with van der Waals surface area (Å²) in [5.74, 6) is -0.587. The van der Waals surface area contributed by atoms with Crippen LogP contribution in [0.1, 0.15) is 0 Å². The number of benzene rings is 2. The molecule has 2 aromatic carbocycles. The molecule has 1 N–H and O–H groups in total. The molecule has 1 atom stereocenters. The molecule has 10 heteroatoms. The molecule has 4 rings (SSSR count). The van der Waals surface area contributed by atoms with Gasteiger partial charge in [0.15, 0.2) is 0 Å². The van der Waals surface area contributed by atoms with Gasteiger partial charge in [0.05, 0.1) is 31.6 Å². The van der Waals surface area contributed by atoms with Crippen LogP contribution < -0.4 is 20.0 Å². The largest absolute Gasteiger partial charge is 0.474 e. The molecule has 162 valence electrons. The first-order valence-electron chi connectivity index (χ1n) is 9.71. The van der Waals surface area contributed by atoms with Crippen molar-refractivity contribution in [1.82, 2.24) is 5.32 Å². The quantitative estimate of drug-likeness (QED) is 0.715. The molecular weight excluding hydrogens is 423 g/mol. The van der Waals surface area contributed by atoms with E-state index in [1.807, 2.05) is 30.3 Å². The van der Waals surface area contributed by atoms with Crippen LogP contribution in [0.4, 0.5) is 31.0 Å². The summed E-state index contributed by atoms with van der Waals surface area (Å²) in [6, 6.07) is 13.3. The van der Waals surface area contributed by atoms with Gasteiger partial charge in [0, 0.05) is 18.8 Å². The van der Waals surface area contributed by atoms with E-state index in [2.05, 4.69) is 5.32 Å². The molecule has 2 aliphatic heterocycles. The molecule has 2 heterocycles. The van der Waals surface area contributed by atoms with Crippen molar-refractivity contribution in [3.8, 4) is 0 Å². The summed E-state index contributed by atoms with van der Waals surface area (Å²) in [7, 11) is 1.44. The maximum absolute atomic E-state index is 14.9. The van der Waals surface area contributed by atoms with E-state index in [1.54, 1.807) is 11.0 Å². The second-order valence-electron chi connectivity index (χ2n) is 7.05. The summed E-state index contributed by atoms with van der Waals surface area (Å²) < 4.78 is 25.1. The molecule has 0 radical (unpaired) electrons. The number of halogens is 1. The Bertz CT molecular complexity index is 1010. The van der Waals surface area contributed by atoms with Gasteiger partial charge < -0.3 is 14.8 Å². The number of thiocarbonyl (C=S) groups is 1. The average Bonchev–Trinajstić information content (AvgIpc) is 3.35. The van der Waals surface area contributed by atoms with E-state index in [1.165, 1.54) is 29.0 Å². The highest BCUT2D eigenvalue weighted by atomic mass is 32.1. The summed E-state index contributed by atoms with van der Waals surface area (Å²) >= 11 is 4.90. The van der Waals surface area contributed by atoms with E-state index >= 15 is 0 Å². The number of hydrogen-bond donors (Lipinski definition) is 1. The highest BCUT2D eigenvalue weighted by Crippen LogP contribution is 2.31. The summed E-state index contributed by atoms with van der Waals surface area (Å²) in [6.45, 7) is 1.35. The highest BCUT2D eigenvalue weighted by Gasteiger charge is 2.35. The Morgan fingerprint density at radius 3 is 2.58 bits per heavy atom. The predicted molar refractivity (Wildman–Crippen MR) is 118 cm³/mol. The minimum absolute atomic E-state index is 0.170. The minimum Gasteiger partial charge on any atom is -0.474 e. The first-order chi connectivity index (χ1) is 15.0. The lowest BCUT2D eigenvalue weighted by Crippen LogP contribution is -2.34. The van der Waals surface area contributed by atoms with Crippen molar-refractivity contribution in [2.24, 2.45) is 0 Å². The van der Waals surface area contributed by atoms with Crippen LogP contribution in [0.3, 0.4) is 0 Å². The summed E-state index contributed by atoms with van der Waals surface area (Å²) in [5.41, 5.74) is 1.29. The lowest BCUT2D eigenvalue weighted by molar-refractivity contribution is 0.142. The third kappa shape index (κ3) is 4.24. The number of cyclic esters (lactones) is 1. The molecule has 0 bridgehead atoms. The number of hydrogen-bond acceptors (Lipinski definition) is 5. The normalized spacial score (nSPS) is 18.4. The van der Waals surface area contributed by atoms with E-state index < -0.39 is 18.0 Å². The van der Waals surface area contributed by atoms with E-state index in [0.717, 1.165) is 5.69 Å². The molecule has 8 nitrogen and oxygen atoms in total. The molecule has 2 aliphatic rings. The van der Waals surface area contributed by atoms with E-state index in [0.29, 0.717) is 18.8 Å². The molecule has 0 unspecified atom stereocenters. The van der Waals surface area contributed by atoms with E-state index in [9.17, 15) is 14.0 Å². The maximum Gasteiger partial charge on any atom is 0.414 e. The Balaban J connectivity index is 1.46. The Morgan fingerprint density at radius 1 is 1.13 bits per heavy atom. The van der Waals surface area contributed by atoms with Gasteiger partial charge in [0.1, 0.15) is 11.9 Å². The van der Waals surface area contributed by atoms with Crippen LogP contribution in [0, 0.1) is 5.82 Å². The zero-order valence-electron chi connectivity index (χ0n) is 16.8. The highest BCUT2D eigenvalue weighted by molar-refractivity contribution is 7.80. The fraction of sp³-hybridized carbons (Fsp3) is 0.286. The van der Waals surface area contributed by atoms with E-state index in [4.69, 9.17) is 21.7 Å². The van der Waals surface area contributed by atoms with Crippen LogP contribution in [0.15, 0.2) is 48.5 Å². The fourth-order valence-electron chi connectivity index (χ4n) is 3.60. The van der Waals surface area contributed by atoms with Crippen LogP contribution in [-0.2, 0) is 9.47 Å². The Hall–Kier alpha value is -3.40. The SMILES string of the molecule is COC(=S)NC[C@H]1CN(c2ccc(N3CCN(c4ccccc4)C3=O)c(F)c2)C(=O)O1. The van der Waals surface area contributed by atoms with Gasteiger partial charge in [0.2, 0.25) is 0 Å². The Kier molecular flexibility index (Phi) is 5.90. The number of nitrogens with one attached hydrogen (secondary N) is 1. The van der Waals surface area contributed by atoms with Crippen molar-refractivity contribution in [3.63, 3.8) is 0 Å². The summed E-state index contributed by atoms with van der Waals surface area (Å²) in [4.78, 5) is 29.4. The first kappa shape index (κ1) is 20.9. The number of carbonyl (C=O) groups excluding carboxylic acids is 2. The molecule has 0 aromatic heterocycles. The summed E-state index contributed by atoms with van der Waals surface area (Å²) in [6.07, 6.45) is -1.03. The molecule has 2 aromatic rings. The maximum atomic E-state index is 14.9. The van der Waals surface area contributed by atoms with Crippen molar-refractivity contribution in [2.75, 3.05) is 48.0 Å². The molecular formula is C21H21FN4O4S.